The highest BCUT2D eigenvalue weighted by atomic mass is 16.6. The average molecular weight is 277 g/mol. The van der Waals surface area contributed by atoms with Gasteiger partial charge in [0.25, 0.3) is 0 Å². The number of nitrogens with zero attached hydrogens (tertiary/aromatic N) is 1. The Labute approximate surface area is 120 Å². The Morgan fingerprint density at radius 1 is 1.35 bits per heavy atom. The number of hydrogen-bond acceptors (Lipinski definition) is 3. The first-order valence-corrected chi connectivity index (χ1v) is 7.06. The third-order valence-electron chi connectivity index (χ3n) is 3.52. The minimum atomic E-state index is -0.512. The normalized spacial score (nSPS) is 22.9. The van der Waals surface area contributed by atoms with Crippen LogP contribution in [0.25, 0.3) is 0 Å². The van der Waals surface area contributed by atoms with Gasteiger partial charge in [-0.15, -0.1) is 0 Å². The molecule has 1 aliphatic heterocycles. The van der Waals surface area contributed by atoms with Crippen LogP contribution in [0.5, 0.6) is 0 Å². The summed E-state index contributed by atoms with van der Waals surface area (Å²) in [6.07, 6.45) is 0.440. The highest BCUT2D eigenvalue weighted by Crippen LogP contribution is 2.32. The molecule has 0 bridgehead atoms. The van der Waals surface area contributed by atoms with E-state index in [1.165, 1.54) is 5.56 Å². The molecule has 2 atom stereocenters. The number of benzene rings is 1. The summed E-state index contributed by atoms with van der Waals surface area (Å²) in [6.45, 7) is 6.13. The molecule has 1 N–H and O–H groups in total. The van der Waals surface area contributed by atoms with Gasteiger partial charge < -0.3 is 14.7 Å². The fourth-order valence-corrected chi connectivity index (χ4v) is 2.60. The van der Waals surface area contributed by atoms with Gasteiger partial charge in [0.05, 0.1) is 12.6 Å². The predicted molar refractivity (Wildman–Crippen MR) is 77.6 cm³/mol. The van der Waals surface area contributed by atoms with Crippen LogP contribution < -0.4 is 0 Å². The summed E-state index contributed by atoms with van der Waals surface area (Å²) >= 11 is 0. The molecular formula is C16H23NO3. The van der Waals surface area contributed by atoms with Crippen molar-refractivity contribution < 1.29 is 14.6 Å². The lowest BCUT2D eigenvalue weighted by molar-refractivity contribution is 0.0174. The van der Waals surface area contributed by atoms with E-state index in [-0.39, 0.29) is 24.7 Å². The van der Waals surface area contributed by atoms with Gasteiger partial charge >= 0.3 is 6.09 Å². The van der Waals surface area contributed by atoms with Crippen molar-refractivity contribution in [3.63, 3.8) is 0 Å². The summed E-state index contributed by atoms with van der Waals surface area (Å²) in [6, 6.07) is 9.96. The molecule has 0 aromatic heterocycles. The Balaban J connectivity index is 2.09. The van der Waals surface area contributed by atoms with E-state index in [1.807, 2.05) is 39.0 Å². The summed E-state index contributed by atoms with van der Waals surface area (Å²) in [5.74, 6) is 0.265. The summed E-state index contributed by atoms with van der Waals surface area (Å²) in [5, 5.41) is 9.50. The lowest BCUT2D eigenvalue weighted by atomic mass is 9.97. The van der Waals surface area contributed by atoms with Crippen molar-refractivity contribution >= 4 is 6.09 Å². The molecule has 2 rings (SSSR count). The van der Waals surface area contributed by atoms with Gasteiger partial charge in [0.2, 0.25) is 0 Å². The lowest BCUT2D eigenvalue weighted by Gasteiger charge is -2.27. The summed E-state index contributed by atoms with van der Waals surface area (Å²) < 4.78 is 5.41. The van der Waals surface area contributed by atoms with Gasteiger partial charge in [-0.3, -0.25) is 0 Å². The molecule has 1 aliphatic rings. The van der Waals surface area contributed by atoms with Gasteiger partial charge in [0, 0.05) is 12.5 Å². The molecule has 0 radical (unpaired) electrons. The maximum atomic E-state index is 12.2. The smallest absolute Gasteiger partial charge is 0.410 e. The quantitative estimate of drug-likeness (QED) is 0.904. The fraction of sp³-hybridized carbons (Fsp3) is 0.562. The molecule has 1 amide bonds. The van der Waals surface area contributed by atoms with Gasteiger partial charge in [-0.25, -0.2) is 4.79 Å². The zero-order chi connectivity index (χ0) is 14.8. The Morgan fingerprint density at radius 3 is 2.55 bits per heavy atom. The average Bonchev–Trinajstić information content (AvgIpc) is 2.82. The summed E-state index contributed by atoms with van der Waals surface area (Å²) in [5.41, 5.74) is 0.694. The first-order valence-electron chi connectivity index (χ1n) is 7.06. The van der Waals surface area contributed by atoms with Gasteiger partial charge in [-0.05, 0) is 32.8 Å². The number of aliphatic hydroxyl groups is 1. The van der Waals surface area contributed by atoms with Crippen molar-refractivity contribution in [2.45, 2.75) is 44.8 Å². The largest absolute Gasteiger partial charge is 0.444 e. The number of hydrogen-bond donors (Lipinski definition) is 1. The van der Waals surface area contributed by atoms with Crippen LogP contribution in [0.1, 0.15) is 38.7 Å². The molecular weight excluding hydrogens is 254 g/mol. The zero-order valence-electron chi connectivity index (χ0n) is 12.4. The van der Waals surface area contributed by atoms with Crippen LogP contribution in [0, 0.1) is 0 Å². The number of rotatable bonds is 2. The first kappa shape index (κ1) is 14.9. The Kier molecular flexibility index (Phi) is 4.33. The zero-order valence-corrected chi connectivity index (χ0v) is 12.4. The minimum Gasteiger partial charge on any atom is -0.444 e. The highest BCUT2D eigenvalue weighted by Gasteiger charge is 2.37. The third kappa shape index (κ3) is 3.51. The van der Waals surface area contributed by atoms with Crippen LogP contribution in [0.15, 0.2) is 30.3 Å². The second-order valence-corrected chi connectivity index (χ2v) is 6.31. The topological polar surface area (TPSA) is 49.8 Å². The maximum absolute atomic E-state index is 12.2. The highest BCUT2D eigenvalue weighted by molar-refractivity contribution is 5.69. The summed E-state index contributed by atoms with van der Waals surface area (Å²) in [7, 11) is 0. The number of aliphatic hydroxyl groups excluding tert-OH is 1. The van der Waals surface area contributed by atoms with E-state index in [1.54, 1.807) is 4.90 Å². The SMILES string of the molecule is CC(C)(C)OC(=O)N1C[C@@H](c2ccccc2)C[C@H]1CO. The van der Waals surface area contributed by atoms with Gasteiger partial charge in [0.15, 0.2) is 0 Å². The second-order valence-electron chi connectivity index (χ2n) is 6.31. The maximum Gasteiger partial charge on any atom is 0.410 e. The van der Waals surface area contributed by atoms with Crippen LogP contribution in [-0.2, 0) is 4.74 Å². The monoisotopic (exact) mass is 277 g/mol. The number of carbonyl (C=O) groups excluding carboxylic acids is 1. The van der Waals surface area contributed by atoms with Gasteiger partial charge in [-0.1, -0.05) is 30.3 Å². The van der Waals surface area contributed by atoms with Crippen molar-refractivity contribution in [1.82, 2.24) is 4.90 Å². The molecule has 0 saturated carbocycles. The van der Waals surface area contributed by atoms with Crippen LogP contribution in [0.4, 0.5) is 4.79 Å². The van der Waals surface area contributed by atoms with Gasteiger partial charge in [-0.2, -0.15) is 0 Å². The minimum absolute atomic E-state index is 0.0252. The van der Waals surface area contributed by atoms with E-state index in [2.05, 4.69) is 12.1 Å². The Morgan fingerprint density at radius 2 is 2.00 bits per heavy atom. The van der Waals surface area contributed by atoms with E-state index >= 15 is 0 Å². The molecule has 110 valence electrons. The van der Waals surface area contributed by atoms with E-state index in [4.69, 9.17) is 4.74 Å². The van der Waals surface area contributed by atoms with E-state index in [9.17, 15) is 9.90 Å². The standard InChI is InChI=1S/C16H23NO3/c1-16(2,3)20-15(19)17-10-13(9-14(17)11-18)12-7-5-4-6-8-12/h4-8,13-14,18H,9-11H2,1-3H3/t13-,14-/m0/s1. The number of likely N-dealkylation sites (tertiary alicyclic amines) is 1. The van der Waals surface area contributed by atoms with E-state index < -0.39 is 5.60 Å². The van der Waals surface area contributed by atoms with Crippen LogP contribution in [-0.4, -0.2) is 40.9 Å². The molecule has 1 heterocycles. The van der Waals surface area contributed by atoms with Crippen LogP contribution in [0.2, 0.25) is 0 Å². The van der Waals surface area contributed by atoms with Crippen LogP contribution >= 0.6 is 0 Å². The predicted octanol–water partition coefficient (Wildman–Crippen LogP) is 2.77. The van der Waals surface area contributed by atoms with Gasteiger partial charge in [0.1, 0.15) is 5.60 Å². The van der Waals surface area contributed by atoms with Crippen molar-refractivity contribution in [2.24, 2.45) is 0 Å². The number of amides is 1. The molecule has 4 nitrogen and oxygen atoms in total. The number of carbonyl (C=O) groups is 1. The second kappa shape index (κ2) is 5.83. The van der Waals surface area contributed by atoms with E-state index in [0.717, 1.165) is 6.42 Å². The first-order chi connectivity index (χ1) is 9.40. The van der Waals surface area contributed by atoms with E-state index in [0.29, 0.717) is 6.54 Å². The molecule has 1 fully saturated rings. The molecule has 0 aliphatic carbocycles. The van der Waals surface area contributed by atoms with Crippen LogP contribution in [0.3, 0.4) is 0 Å². The Bertz CT molecular complexity index is 453. The van der Waals surface area contributed by atoms with Crippen molar-refractivity contribution in [2.75, 3.05) is 13.2 Å². The molecule has 1 aromatic rings. The molecule has 0 unspecified atom stereocenters. The molecule has 20 heavy (non-hydrogen) atoms. The molecule has 4 heteroatoms. The number of ether oxygens (including phenoxy) is 1. The summed E-state index contributed by atoms with van der Waals surface area (Å²) in [4.78, 5) is 13.9. The van der Waals surface area contributed by atoms with Crippen molar-refractivity contribution in [3.8, 4) is 0 Å². The lowest BCUT2D eigenvalue weighted by Crippen LogP contribution is -2.41. The Hall–Kier alpha value is -1.55. The van der Waals surface area contributed by atoms with Crippen molar-refractivity contribution in [1.29, 1.82) is 0 Å². The third-order valence-corrected chi connectivity index (χ3v) is 3.52. The molecule has 0 spiro atoms. The fourth-order valence-electron chi connectivity index (χ4n) is 2.60. The van der Waals surface area contributed by atoms with Crippen molar-refractivity contribution in [3.05, 3.63) is 35.9 Å². The molecule has 1 saturated heterocycles. The molecule has 1 aromatic carbocycles.